The van der Waals surface area contributed by atoms with Crippen LogP contribution in [0.4, 0.5) is 0 Å². The molecule has 5 nitrogen and oxygen atoms in total. The van der Waals surface area contributed by atoms with Gasteiger partial charge in [0, 0.05) is 16.5 Å². The lowest BCUT2D eigenvalue weighted by molar-refractivity contribution is 0.105. The van der Waals surface area contributed by atoms with Crippen LogP contribution in [0, 0.1) is 0 Å². The maximum absolute atomic E-state index is 6.12. The number of hydrogen-bond acceptors (Lipinski definition) is 4. The fourth-order valence-electron chi connectivity index (χ4n) is 3.17. The third kappa shape index (κ3) is 2.35. The van der Waals surface area contributed by atoms with Gasteiger partial charge in [-0.1, -0.05) is 11.6 Å². The number of benzene rings is 1. The predicted molar refractivity (Wildman–Crippen MR) is 79.7 cm³/mol. The summed E-state index contributed by atoms with van der Waals surface area (Å²) in [5.41, 5.74) is 2.20. The van der Waals surface area contributed by atoms with E-state index in [9.17, 15) is 0 Å². The molecule has 1 aromatic heterocycles. The summed E-state index contributed by atoms with van der Waals surface area (Å²) in [6, 6.07) is 5.93. The van der Waals surface area contributed by atoms with Crippen LogP contribution < -0.4 is 5.32 Å². The highest BCUT2D eigenvalue weighted by Gasteiger charge is 2.26. The molecule has 0 atom stereocenters. The summed E-state index contributed by atoms with van der Waals surface area (Å²) in [5, 5.41) is 12.9. The molecule has 1 aromatic carbocycles. The Morgan fingerprint density at radius 1 is 1.19 bits per heavy atom. The van der Waals surface area contributed by atoms with E-state index in [0.717, 1.165) is 53.9 Å². The van der Waals surface area contributed by atoms with Crippen LogP contribution in [0.3, 0.4) is 0 Å². The zero-order chi connectivity index (χ0) is 14.2. The van der Waals surface area contributed by atoms with Crippen molar-refractivity contribution in [2.24, 2.45) is 0 Å². The molecule has 2 aliphatic heterocycles. The summed E-state index contributed by atoms with van der Waals surface area (Å²) in [7, 11) is 0. The van der Waals surface area contributed by atoms with Crippen molar-refractivity contribution in [3.8, 4) is 5.69 Å². The van der Waals surface area contributed by atoms with Crippen molar-refractivity contribution in [2.45, 2.75) is 32.0 Å². The number of nitrogens with one attached hydrogen (secondary N) is 1. The molecule has 110 valence electrons. The monoisotopic (exact) mass is 304 g/mol. The zero-order valence-corrected chi connectivity index (χ0v) is 12.4. The van der Waals surface area contributed by atoms with Crippen molar-refractivity contribution in [1.82, 2.24) is 20.1 Å². The molecule has 4 rings (SSSR count). The van der Waals surface area contributed by atoms with Crippen LogP contribution >= 0.6 is 11.6 Å². The van der Waals surface area contributed by atoms with Gasteiger partial charge in [-0.15, -0.1) is 10.2 Å². The molecule has 1 N–H and O–H groups in total. The summed E-state index contributed by atoms with van der Waals surface area (Å²) in [4.78, 5) is 0. The van der Waals surface area contributed by atoms with Gasteiger partial charge in [-0.3, -0.25) is 4.57 Å². The summed E-state index contributed by atoms with van der Waals surface area (Å²) in [6.07, 6.45) is 2.20. The molecule has 0 amide bonds. The molecule has 1 saturated heterocycles. The van der Waals surface area contributed by atoms with Crippen LogP contribution in [0.2, 0.25) is 5.02 Å². The number of ether oxygens (including phenoxy) is 1. The molecule has 0 saturated carbocycles. The molecule has 3 heterocycles. The highest BCUT2D eigenvalue weighted by Crippen LogP contribution is 2.31. The molecular formula is C15H17ClN4O. The standard InChI is InChI=1S/C15H17ClN4O/c16-12-1-2-13-11(7-12)8-21-9-14-18-19-15(20(13)14)10-3-5-17-6-4-10/h1-2,7,10,17H,3-6,8-9H2. The van der Waals surface area contributed by atoms with E-state index < -0.39 is 0 Å². The van der Waals surface area contributed by atoms with Gasteiger partial charge in [-0.2, -0.15) is 0 Å². The highest BCUT2D eigenvalue weighted by atomic mass is 35.5. The van der Waals surface area contributed by atoms with Crippen molar-refractivity contribution in [1.29, 1.82) is 0 Å². The molecule has 2 aromatic rings. The number of aromatic nitrogens is 3. The predicted octanol–water partition coefficient (Wildman–Crippen LogP) is 2.42. The third-order valence-corrected chi connectivity index (χ3v) is 4.47. The van der Waals surface area contributed by atoms with Gasteiger partial charge < -0.3 is 10.1 Å². The van der Waals surface area contributed by atoms with E-state index in [1.165, 1.54) is 0 Å². The lowest BCUT2D eigenvalue weighted by Gasteiger charge is -2.23. The number of hydrogen-bond donors (Lipinski definition) is 1. The smallest absolute Gasteiger partial charge is 0.163 e. The second-order valence-corrected chi connectivity index (χ2v) is 6.04. The van der Waals surface area contributed by atoms with Gasteiger partial charge >= 0.3 is 0 Å². The molecule has 0 spiro atoms. The molecule has 0 unspecified atom stereocenters. The zero-order valence-electron chi connectivity index (χ0n) is 11.7. The van der Waals surface area contributed by atoms with Gasteiger partial charge in [0.15, 0.2) is 5.82 Å². The Morgan fingerprint density at radius 2 is 2.05 bits per heavy atom. The first-order chi connectivity index (χ1) is 10.3. The van der Waals surface area contributed by atoms with E-state index in [0.29, 0.717) is 19.1 Å². The van der Waals surface area contributed by atoms with Crippen LogP contribution in [-0.4, -0.2) is 27.9 Å². The Labute approximate surface area is 128 Å². The maximum atomic E-state index is 6.12. The van der Waals surface area contributed by atoms with Crippen molar-refractivity contribution in [3.63, 3.8) is 0 Å². The molecule has 0 bridgehead atoms. The van der Waals surface area contributed by atoms with E-state index in [1.54, 1.807) is 0 Å². The molecular weight excluding hydrogens is 288 g/mol. The van der Waals surface area contributed by atoms with Gasteiger partial charge in [0.2, 0.25) is 0 Å². The first kappa shape index (κ1) is 13.2. The maximum Gasteiger partial charge on any atom is 0.163 e. The molecule has 0 aliphatic carbocycles. The van der Waals surface area contributed by atoms with Crippen molar-refractivity contribution in [2.75, 3.05) is 13.1 Å². The number of halogens is 1. The van der Waals surface area contributed by atoms with Gasteiger partial charge in [0.05, 0.1) is 12.3 Å². The Hall–Kier alpha value is -1.43. The Morgan fingerprint density at radius 3 is 2.90 bits per heavy atom. The second-order valence-electron chi connectivity index (χ2n) is 5.60. The van der Waals surface area contributed by atoms with Crippen molar-refractivity contribution >= 4 is 11.6 Å². The van der Waals surface area contributed by atoms with Crippen molar-refractivity contribution in [3.05, 3.63) is 40.4 Å². The van der Waals surface area contributed by atoms with Crippen LogP contribution in [0.15, 0.2) is 18.2 Å². The quantitative estimate of drug-likeness (QED) is 0.879. The summed E-state index contributed by atoms with van der Waals surface area (Å²) < 4.78 is 7.88. The lowest BCUT2D eigenvalue weighted by Crippen LogP contribution is -2.28. The fraction of sp³-hybridized carbons (Fsp3) is 0.467. The van der Waals surface area contributed by atoms with Crippen LogP contribution in [0.1, 0.15) is 36.0 Å². The Balaban J connectivity index is 1.84. The van der Waals surface area contributed by atoms with E-state index >= 15 is 0 Å². The number of piperidine rings is 1. The van der Waals surface area contributed by atoms with Gasteiger partial charge in [0.25, 0.3) is 0 Å². The lowest BCUT2D eigenvalue weighted by atomic mass is 9.97. The van der Waals surface area contributed by atoms with Crippen LogP contribution in [-0.2, 0) is 18.0 Å². The van der Waals surface area contributed by atoms with Crippen molar-refractivity contribution < 1.29 is 4.74 Å². The minimum Gasteiger partial charge on any atom is -0.369 e. The summed E-state index contributed by atoms with van der Waals surface area (Å²) in [6.45, 7) is 3.13. The summed E-state index contributed by atoms with van der Waals surface area (Å²) >= 11 is 6.12. The van der Waals surface area contributed by atoms with E-state index in [-0.39, 0.29) is 0 Å². The molecule has 1 fully saturated rings. The van der Waals surface area contributed by atoms with Gasteiger partial charge in [-0.25, -0.2) is 0 Å². The number of fused-ring (bicyclic) bond motifs is 3. The van der Waals surface area contributed by atoms with Gasteiger partial charge in [0.1, 0.15) is 12.4 Å². The average molecular weight is 305 g/mol. The topological polar surface area (TPSA) is 52.0 Å². The van der Waals surface area contributed by atoms with E-state index in [2.05, 4.69) is 20.1 Å². The first-order valence-corrected chi connectivity index (χ1v) is 7.72. The van der Waals surface area contributed by atoms with Gasteiger partial charge in [-0.05, 0) is 44.1 Å². The molecule has 6 heteroatoms. The molecule has 0 radical (unpaired) electrons. The average Bonchev–Trinajstić information content (AvgIpc) is 2.84. The minimum atomic E-state index is 0.453. The number of nitrogens with zero attached hydrogens (tertiary/aromatic N) is 3. The van der Waals surface area contributed by atoms with Crippen LogP contribution in [0.25, 0.3) is 5.69 Å². The van der Waals surface area contributed by atoms with E-state index in [1.807, 2.05) is 18.2 Å². The second kappa shape index (κ2) is 5.40. The minimum absolute atomic E-state index is 0.453. The normalized spacial score (nSPS) is 18.9. The molecule has 2 aliphatic rings. The van der Waals surface area contributed by atoms with Crippen LogP contribution in [0.5, 0.6) is 0 Å². The fourth-order valence-corrected chi connectivity index (χ4v) is 3.37. The molecule has 21 heavy (non-hydrogen) atoms. The Kier molecular flexibility index (Phi) is 3.41. The van der Waals surface area contributed by atoms with E-state index in [4.69, 9.17) is 16.3 Å². The largest absolute Gasteiger partial charge is 0.369 e. The SMILES string of the molecule is Clc1ccc2c(c1)COCc1nnc(C3CCNCC3)n1-2. The number of rotatable bonds is 1. The third-order valence-electron chi connectivity index (χ3n) is 4.23. The Bertz CT molecular complexity index is 664. The first-order valence-electron chi connectivity index (χ1n) is 7.34. The highest BCUT2D eigenvalue weighted by molar-refractivity contribution is 6.30. The summed E-state index contributed by atoms with van der Waals surface area (Å²) in [5.74, 6) is 2.39.